The highest BCUT2D eigenvalue weighted by molar-refractivity contribution is 6.30. The van der Waals surface area contributed by atoms with Crippen molar-refractivity contribution < 1.29 is 9.59 Å². The van der Waals surface area contributed by atoms with Crippen LogP contribution in [0.2, 0.25) is 5.02 Å². The van der Waals surface area contributed by atoms with Crippen LogP contribution in [0, 0.1) is 6.92 Å². The smallest absolute Gasteiger partial charge is 0.319 e. The lowest BCUT2D eigenvalue weighted by atomic mass is 10.2. The van der Waals surface area contributed by atoms with E-state index in [1.807, 2.05) is 25.1 Å². The average Bonchev–Trinajstić information content (AvgIpc) is 2.50. The molecule has 23 heavy (non-hydrogen) atoms. The summed E-state index contributed by atoms with van der Waals surface area (Å²) in [7, 11) is 0. The summed E-state index contributed by atoms with van der Waals surface area (Å²) in [5.41, 5.74) is 2.18. The van der Waals surface area contributed by atoms with Gasteiger partial charge in [-0.05, 0) is 49.7 Å². The van der Waals surface area contributed by atoms with Gasteiger partial charge in [0.15, 0.2) is 0 Å². The van der Waals surface area contributed by atoms with Crippen LogP contribution < -0.4 is 16.0 Å². The summed E-state index contributed by atoms with van der Waals surface area (Å²) in [6, 6.07) is 13.1. The van der Waals surface area contributed by atoms with E-state index in [2.05, 4.69) is 16.0 Å². The van der Waals surface area contributed by atoms with Crippen molar-refractivity contribution >= 4 is 34.9 Å². The molecule has 0 aliphatic carbocycles. The lowest BCUT2D eigenvalue weighted by Gasteiger charge is -2.16. The number of amides is 3. The predicted octanol–water partition coefficient (Wildman–Crippen LogP) is 3.80. The van der Waals surface area contributed by atoms with Crippen LogP contribution >= 0.6 is 11.6 Å². The topological polar surface area (TPSA) is 70.2 Å². The summed E-state index contributed by atoms with van der Waals surface area (Å²) in [4.78, 5) is 24.0. The van der Waals surface area contributed by atoms with Crippen LogP contribution in [0.5, 0.6) is 0 Å². The molecule has 2 aromatic carbocycles. The molecule has 2 aromatic rings. The molecule has 0 bridgehead atoms. The highest BCUT2D eigenvalue weighted by atomic mass is 35.5. The Labute approximate surface area is 140 Å². The van der Waals surface area contributed by atoms with Gasteiger partial charge in [-0.25, -0.2) is 4.79 Å². The third kappa shape index (κ3) is 5.00. The van der Waals surface area contributed by atoms with Crippen molar-refractivity contribution in [1.29, 1.82) is 0 Å². The fraction of sp³-hybridized carbons (Fsp3) is 0.176. The number of benzene rings is 2. The van der Waals surface area contributed by atoms with Gasteiger partial charge in [-0.1, -0.05) is 29.8 Å². The number of hydrogen-bond acceptors (Lipinski definition) is 2. The molecule has 2 rings (SSSR count). The van der Waals surface area contributed by atoms with Crippen molar-refractivity contribution in [3.63, 3.8) is 0 Å². The number of para-hydroxylation sites is 1. The summed E-state index contributed by atoms with van der Waals surface area (Å²) < 4.78 is 0. The lowest BCUT2D eigenvalue weighted by molar-refractivity contribution is -0.117. The third-order valence-corrected chi connectivity index (χ3v) is 3.45. The molecule has 0 aliphatic heterocycles. The van der Waals surface area contributed by atoms with Crippen LogP contribution in [-0.4, -0.2) is 18.0 Å². The zero-order valence-corrected chi connectivity index (χ0v) is 13.6. The lowest BCUT2D eigenvalue weighted by Crippen LogP contribution is -2.43. The molecule has 0 saturated heterocycles. The Kier molecular flexibility index (Phi) is 5.60. The Morgan fingerprint density at radius 3 is 2.39 bits per heavy atom. The van der Waals surface area contributed by atoms with Crippen LogP contribution in [-0.2, 0) is 4.79 Å². The van der Waals surface area contributed by atoms with Crippen LogP contribution in [0.3, 0.4) is 0 Å². The molecule has 1 atom stereocenters. The minimum Gasteiger partial charge on any atom is -0.326 e. The number of halogens is 1. The van der Waals surface area contributed by atoms with Crippen molar-refractivity contribution in [2.24, 2.45) is 0 Å². The van der Waals surface area contributed by atoms with Gasteiger partial charge >= 0.3 is 6.03 Å². The SMILES string of the molecule is Cc1cc(Cl)ccc1NC(=O)[C@H](C)NC(=O)Nc1ccccc1. The normalized spacial score (nSPS) is 11.4. The molecule has 5 nitrogen and oxygen atoms in total. The highest BCUT2D eigenvalue weighted by Crippen LogP contribution is 2.19. The summed E-state index contributed by atoms with van der Waals surface area (Å²) in [5, 5.41) is 8.63. The maximum Gasteiger partial charge on any atom is 0.319 e. The Bertz CT molecular complexity index is 704. The fourth-order valence-corrected chi connectivity index (χ4v) is 2.19. The van der Waals surface area contributed by atoms with Gasteiger partial charge in [0.2, 0.25) is 5.91 Å². The monoisotopic (exact) mass is 331 g/mol. The van der Waals surface area contributed by atoms with Gasteiger partial charge in [-0.15, -0.1) is 0 Å². The van der Waals surface area contributed by atoms with E-state index in [0.717, 1.165) is 5.56 Å². The highest BCUT2D eigenvalue weighted by Gasteiger charge is 2.16. The number of carbonyl (C=O) groups excluding carboxylic acids is 2. The number of aryl methyl sites for hydroxylation is 1. The molecule has 0 saturated carbocycles. The fourth-order valence-electron chi connectivity index (χ4n) is 1.96. The Morgan fingerprint density at radius 1 is 1.04 bits per heavy atom. The number of anilines is 2. The summed E-state index contributed by atoms with van der Waals surface area (Å²) >= 11 is 5.88. The first kappa shape index (κ1) is 16.8. The Balaban J connectivity index is 1.90. The molecule has 3 amide bonds. The van der Waals surface area contributed by atoms with E-state index in [1.54, 1.807) is 37.3 Å². The van der Waals surface area contributed by atoms with Gasteiger partial charge in [-0.2, -0.15) is 0 Å². The first-order chi connectivity index (χ1) is 11.0. The van der Waals surface area contributed by atoms with E-state index in [1.165, 1.54) is 0 Å². The number of hydrogen-bond donors (Lipinski definition) is 3. The van der Waals surface area contributed by atoms with Gasteiger partial charge in [0.05, 0.1) is 0 Å². The van der Waals surface area contributed by atoms with Crippen molar-refractivity contribution in [3.8, 4) is 0 Å². The zero-order valence-electron chi connectivity index (χ0n) is 12.9. The van der Waals surface area contributed by atoms with E-state index >= 15 is 0 Å². The van der Waals surface area contributed by atoms with E-state index in [-0.39, 0.29) is 5.91 Å². The summed E-state index contributed by atoms with van der Waals surface area (Å²) in [6.45, 7) is 3.47. The minimum absolute atomic E-state index is 0.307. The van der Waals surface area contributed by atoms with Gasteiger partial charge in [0.1, 0.15) is 6.04 Å². The number of rotatable bonds is 4. The molecular weight excluding hydrogens is 314 g/mol. The molecule has 120 valence electrons. The summed E-state index contributed by atoms with van der Waals surface area (Å²) in [5.74, 6) is -0.307. The maximum atomic E-state index is 12.2. The molecule has 0 radical (unpaired) electrons. The van der Waals surface area contributed by atoms with Crippen molar-refractivity contribution in [1.82, 2.24) is 5.32 Å². The second-order valence-electron chi connectivity index (χ2n) is 5.13. The Hall–Kier alpha value is -2.53. The number of carbonyl (C=O) groups is 2. The van der Waals surface area contributed by atoms with Crippen LogP contribution in [0.4, 0.5) is 16.2 Å². The van der Waals surface area contributed by atoms with Crippen molar-refractivity contribution in [2.75, 3.05) is 10.6 Å². The first-order valence-corrected chi connectivity index (χ1v) is 7.53. The molecular formula is C17H18ClN3O2. The predicted molar refractivity (Wildman–Crippen MR) is 92.9 cm³/mol. The molecule has 0 fully saturated rings. The summed E-state index contributed by atoms with van der Waals surface area (Å²) in [6.07, 6.45) is 0. The standard InChI is InChI=1S/C17H18ClN3O2/c1-11-10-13(18)8-9-15(11)21-16(22)12(2)19-17(23)20-14-6-4-3-5-7-14/h3-10,12H,1-2H3,(H,21,22)(H2,19,20,23)/t12-/m0/s1. The first-order valence-electron chi connectivity index (χ1n) is 7.15. The molecule has 0 aromatic heterocycles. The molecule has 6 heteroatoms. The van der Waals surface area contributed by atoms with Gasteiger partial charge in [0, 0.05) is 16.4 Å². The molecule has 0 unspecified atom stereocenters. The number of nitrogens with one attached hydrogen (secondary N) is 3. The largest absolute Gasteiger partial charge is 0.326 e. The Morgan fingerprint density at radius 2 is 1.74 bits per heavy atom. The second-order valence-corrected chi connectivity index (χ2v) is 5.57. The minimum atomic E-state index is -0.686. The maximum absolute atomic E-state index is 12.2. The van der Waals surface area contributed by atoms with Crippen molar-refractivity contribution in [3.05, 3.63) is 59.1 Å². The number of urea groups is 1. The van der Waals surface area contributed by atoms with E-state index < -0.39 is 12.1 Å². The zero-order chi connectivity index (χ0) is 16.8. The average molecular weight is 332 g/mol. The molecule has 0 aliphatic rings. The van der Waals surface area contributed by atoms with Crippen LogP contribution in [0.1, 0.15) is 12.5 Å². The van der Waals surface area contributed by atoms with E-state index in [4.69, 9.17) is 11.6 Å². The van der Waals surface area contributed by atoms with E-state index in [9.17, 15) is 9.59 Å². The molecule has 0 spiro atoms. The van der Waals surface area contributed by atoms with Crippen molar-refractivity contribution in [2.45, 2.75) is 19.9 Å². The van der Waals surface area contributed by atoms with Crippen LogP contribution in [0.15, 0.2) is 48.5 Å². The molecule has 0 heterocycles. The third-order valence-electron chi connectivity index (χ3n) is 3.22. The van der Waals surface area contributed by atoms with Gasteiger partial charge in [-0.3, -0.25) is 4.79 Å². The van der Waals surface area contributed by atoms with Gasteiger partial charge < -0.3 is 16.0 Å². The second kappa shape index (κ2) is 7.65. The van der Waals surface area contributed by atoms with E-state index in [0.29, 0.717) is 16.4 Å². The van der Waals surface area contributed by atoms with Gasteiger partial charge in [0.25, 0.3) is 0 Å². The van der Waals surface area contributed by atoms with Crippen LogP contribution in [0.25, 0.3) is 0 Å². The quantitative estimate of drug-likeness (QED) is 0.797. The molecule has 3 N–H and O–H groups in total.